The second-order valence-electron chi connectivity index (χ2n) is 20.3. The molecule has 0 aliphatic heterocycles. The normalized spacial score (nSPS) is 14.3. The Bertz CT molecular complexity index is 1790. The van der Waals surface area contributed by atoms with E-state index in [4.69, 9.17) is 18.5 Å². The molecular formula is C66H109NO8P+. The van der Waals surface area contributed by atoms with E-state index in [1.807, 2.05) is 21.1 Å². The third-order valence-electron chi connectivity index (χ3n) is 11.9. The highest BCUT2D eigenvalue weighted by Gasteiger charge is 2.27. The first-order valence-electron chi connectivity index (χ1n) is 29.6. The van der Waals surface area contributed by atoms with Crippen molar-refractivity contribution >= 4 is 19.8 Å². The van der Waals surface area contributed by atoms with Crippen LogP contribution >= 0.6 is 7.82 Å². The van der Waals surface area contributed by atoms with E-state index in [1.54, 1.807) is 0 Å². The monoisotopic (exact) mass is 1070 g/mol. The number of ether oxygens (including phenoxy) is 2. The van der Waals surface area contributed by atoms with E-state index in [0.29, 0.717) is 17.4 Å². The zero-order valence-corrected chi connectivity index (χ0v) is 49.6. The number of rotatable bonds is 52. The molecule has 0 amide bonds. The van der Waals surface area contributed by atoms with Gasteiger partial charge in [0.1, 0.15) is 19.8 Å². The number of hydrogen-bond donors (Lipinski definition) is 1. The minimum Gasteiger partial charge on any atom is -0.462 e. The molecule has 9 nitrogen and oxygen atoms in total. The van der Waals surface area contributed by atoms with Crippen LogP contribution in [-0.4, -0.2) is 74.9 Å². The van der Waals surface area contributed by atoms with Gasteiger partial charge in [-0.3, -0.25) is 18.6 Å². The molecule has 0 fully saturated rings. The summed E-state index contributed by atoms with van der Waals surface area (Å²) in [6.45, 7) is 4.24. The van der Waals surface area contributed by atoms with Gasteiger partial charge >= 0.3 is 19.8 Å². The van der Waals surface area contributed by atoms with E-state index >= 15 is 0 Å². The lowest BCUT2D eigenvalue weighted by Crippen LogP contribution is -2.37. The summed E-state index contributed by atoms with van der Waals surface area (Å²) in [4.78, 5) is 35.6. The number of unbranched alkanes of at least 4 members (excludes halogenated alkanes) is 14. The third kappa shape index (κ3) is 59.1. The number of likely N-dealkylation sites (N-methyl/N-ethyl adjacent to an activating group) is 1. The van der Waals surface area contributed by atoms with Gasteiger partial charge in [-0.2, -0.15) is 0 Å². The molecule has 0 rings (SSSR count). The van der Waals surface area contributed by atoms with Crippen LogP contribution in [0.1, 0.15) is 206 Å². The number of carbonyl (C=O) groups is 2. The van der Waals surface area contributed by atoms with Crippen molar-refractivity contribution in [2.24, 2.45) is 0 Å². The number of hydrogen-bond acceptors (Lipinski definition) is 7. The largest absolute Gasteiger partial charge is 0.472 e. The van der Waals surface area contributed by atoms with Crippen molar-refractivity contribution in [2.75, 3.05) is 47.5 Å². The van der Waals surface area contributed by atoms with Gasteiger partial charge in [-0.15, -0.1) is 0 Å². The Morgan fingerprint density at radius 2 is 0.750 bits per heavy atom. The maximum Gasteiger partial charge on any atom is 0.472 e. The van der Waals surface area contributed by atoms with Gasteiger partial charge in [0.15, 0.2) is 6.10 Å². The quantitative estimate of drug-likeness (QED) is 0.0211. The number of phosphoric acid groups is 1. The molecule has 0 aromatic heterocycles. The third-order valence-corrected chi connectivity index (χ3v) is 12.9. The smallest absolute Gasteiger partial charge is 0.462 e. The van der Waals surface area contributed by atoms with E-state index in [2.05, 4.69) is 160 Å². The van der Waals surface area contributed by atoms with Gasteiger partial charge in [-0.1, -0.05) is 237 Å². The SMILES string of the molecule is CC/C=C\C/C=C\C/C=C\C/C=C\C/C=C\C/C=C\C/C=C\C/C=C\C/C=C\C/C=C\C/C=C\C/C=C\CCCCC(=O)OC(COC(=O)CCCCCCCCCCCCCCC)COP(=O)(O)OCC[N+](C)(C)C. The number of esters is 2. The Morgan fingerprint density at radius 3 is 1.12 bits per heavy atom. The predicted octanol–water partition coefficient (Wildman–Crippen LogP) is 18.7. The van der Waals surface area contributed by atoms with Crippen LogP contribution < -0.4 is 0 Å². The standard InChI is InChI=1S/C66H108NO8P/c1-6-8-10-12-14-16-18-20-21-22-23-24-25-26-27-28-29-30-31-32-33-34-35-36-37-38-39-40-41-42-43-44-45-47-49-51-53-55-57-59-66(69)75-64(63-74-76(70,71)73-61-60-67(3,4)5)62-72-65(68)58-56-54-52-50-48-46-19-17-15-13-11-9-7-2/h8,10,14,16,20-21,23-24,26-27,29-30,32-33,35-36,38-39,41-42,44-45,49,51,64H,6-7,9,11-13,15,17-19,22,25,28,31,34,37,40,43,46-48,50,52-63H2,1-5H3/p+1/b10-8-,16-14-,21-20-,24-23-,27-26-,30-29-,33-32-,36-35-,39-38-,42-41-,45-44-,51-49-. The van der Waals surface area contributed by atoms with Gasteiger partial charge in [-0.05, 0) is 103 Å². The Balaban J connectivity index is 4.23. The van der Waals surface area contributed by atoms with Crippen molar-refractivity contribution in [1.82, 2.24) is 0 Å². The summed E-state index contributed by atoms with van der Waals surface area (Å²) < 4.78 is 34.4. The van der Waals surface area contributed by atoms with Crippen molar-refractivity contribution in [1.29, 1.82) is 0 Å². The molecule has 2 atom stereocenters. The van der Waals surface area contributed by atoms with E-state index < -0.39 is 26.5 Å². The zero-order chi connectivity index (χ0) is 55.6. The van der Waals surface area contributed by atoms with Crippen molar-refractivity contribution in [3.8, 4) is 0 Å². The minimum absolute atomic E-state index is 0.0166. The van der Waals surface area contributed by atoms with Crippen LogP contribution in [0.15, 0.2) is 146 Å². The lowest BCUT2D eigenvalue weighted by Gasteiger charge is -2.24. The van der Waals surface area contributed by atoms with Gasteiger partial charge in [0, 0.05) is 12.8 Å². The summed E-state index contributed by atoms with van der Waals surface area (Å²) in [6, 6.07) is 0. The number of carbonyl (C=O) groups excluding carboxylic acids is 2. The maximum absolute atomic E-state index is 12.8. The average Bonchev–Trinajstić information content (AvgIpc) is 3.38. The predicted molar refractivity (Wildman–Crippen MR) is 325 cm³/mol. The number of phosphoric ester groups is 1. The molecule has 2 unspecified atom stereocenters. The Kier molecular flexibility index (Phi) is 52.6. The zero-order valence-electron chi connectivity index (χ0n) is 48.7. The van der Waals surface area contributed by atoms with Crippen LogP contribution in [0.2, 0.25) is 0 Å². The van der Waals surface area contributed by atoms with Crippen LogP contribution in [0.4, 0.5) is 0 Å². The van der Waals surface area contributed by atoms with Crippen molar-refractivity contribution in [3.05, 3.63) is 146 Å². The fourth-order valence-electron chi connectivity index (χ4n) is 7.35. The van der Waals surface area contributed by atoms with Crippen molar-refractivity contribution in [2.45, 2.75) is 213 Å². The summed E-state index contributed by atoms with van der Waals surface area (Å²) in [5, 5.41) is 0. The fraction of sp³-hybridized carbons (Fsp3) is 0.606. The highest BCUT2D eigenvalue weighted by atomic mass is 31.2. The first kappa shape index (κ1) is 71.9. The molecule has 0 aliphatic rings. The average molecular weight is 1080 g/mol. The molecule has 0 bridgehead atoms. The molecule has 0 heterocycles. The number of allylic oxidation sites excluding steroid dienone is 24. The molecule has 0 spiro atoms. The van der Waals surface area contributed by atoms with Gasteiger partial charge in [-0.25, -0.2) is 4.57 Å². The summed E-state index contributed by atoms with van der Waals surface area (Å²) in [5.41, 5.74) is 0. The van der Waals surface area contributed by atoms with Crippen LogP contribution in [-0.2, 0) is 32.7 Å². The van der Waals surface area contributed by atoms with E-state index in [0.717, 1.165) is 109 Å². The lowest BCUT2D eigenvalue weighted by molar-refractivity contribution is -0.870. The molecule has 0 aromatic rings. The first-order valence-corrected chi connectivity index (χ1v) is 31.1. The molecule has 76 heavy (non-hydrogen) atoms. The highest BCUT2D eigenvalue weighted by Crippen LogP contribution is 2.43. The van der Waals surface area contributed by atoms with E-state index in [-0.39, 0.29) is 32.0 Å². The molecular weight excluding hydrogens is 966 g/mol. The Hall–Kier alpha value is -4.11. The van der Waals surface area contributed by atoms with Crippen molar-refractivity contribution in [3.63, 3.8) is 0 Å². The molecule has 0 saturated heterocycles. The van der Waals surface area contributed by atoms with Crippen LogP contribution in [0.5, 0.6) is 0 Å². The van der Waals surface area contributed by atoms with E-state index in [9.17, 15) is 19.0 Å². The van der Waals surface area contributed by atoms with Crippen LogP contribution in [0.3, 0.4) is 0 Å². The summed E-state index contributed by atoms with van der Waals surface area (Å²) in [6.07, 6.45) is 82.2. The van der Waals surface area contributed by atoms with Gasteiger partial charge < -0.3 is 18.9 Å². The van der Waals surface area contributed by atoms with Crippen LogP contribution in [0, 0.1) is 0 Å². The fourth-order valence-corrected chi connectivity index (χ4v) is 8.09. The van der Waals surface area contributed by atoms with Gasteiger partial charge in [0.25, 0.3) is 0 Å². The Labute approximate surface area is 465 Å². The summed E-state index contributed by atoms with van der Waals surface area (Å²) in [7, 11) is 1.43. The molecule has 430 valence electrons. The molecule has 1 N–H and O–H groups in total. The van der Waals surface area contributed by atoms with E-state index in [1.165, 1.54) is 64.2 Å². The number of quaternary nitrogens is 1. The Morgan fingerprint density at radius 1 is 0.421 bits per heavy atom. The highest BCUT2D eigenvalue weighted by molar-refractivity contribution is 7.47. The molecule has 0 radical (unpaired) electrons. The second kappa shape index (κ2) is 55.6. The molecule has 0 aromatic carbocycles. The van der Waals surface area contributed by atoms with Crippen molar-refractivity contribution < 1.29 is 42.1 Å². The molecule has 0 saturated carbocycles. The molecule has 10 heteroatoms. The minimum atomic E-state index is -4.40. The number of nitrogens with zero attached hydrogens (tertiary/aromatic N) is 1. The summed E-state index contributed by atoms with van der Waals surface area (Å²) >= 11 is 0. The first-order chi connectivity index (χ1) is 37.0. The summed E-state index contributed by atoms with van der Waals surface area (Å²) in [5.74, 6) is -0.857. The second-order valence-corrected chi connectivity index (χ2v) is 21.8. The topological polar surface area (TPSA) is 108 Å². The van der Waals surface area contributed by atoms with Crippen LogP contribution in [0.25, 0.3) is 0 Å². The lowest BCUT2D eigenvalue weighted by atomic mass is 10.0. The van der Waals surface area contributed by atoms with Gasteiger partial charge in [0.05, 0.1) is 27.7 Å². The maximum atomic E-state index is 12.8. The molecule has 0 aliphatic carbocycles. The van der Waals surface area contributed by atoms with Gasteiger partial charge in [0.2, 0.25) is 0 Å².